The summed E-state index contributed by atoms with van der Waals surface area (Å²) in [6.45, 7) is 2.08. The first kappa shape index (κ1) is 18.1. The van der Waals surface area contributed by atoms with Gasteiger partial charge in [0, 0.05) is 5.02 Å². The fourth-order valence-electron chi connectivity index (χ4n) is 2.46. The number of carbonyl (C=O) groups excluding carboxylic acids is 2. The van der Waals surface area contributed by atoms with Crippen LogP contribution in [0.3, 0.4) is 0 Å². The summed E-state index contributed by atoms with van der Waals surface area (Å²) >= 11 is 11.9. The van der Waals surface area contributed by atoms with Crippen molar-refractivity contribution in [1.29, 1.82) is 0 Å². The Morgan fingerprint density at radius 1 is 1.23 bits per heavy atom. The first-order chi connectivity index (χ1) is 12.4. The van der Waals surface area contributed by atoms with Crippen LogP contribution >= 0.6 is 23.2 Å². The third-order valence-electron chi connectivity index (χ3n) is 3.62. The van der Waals surface area contributed by atoms with Gasteiger partial charge in [0.1, 0.15) is 5.57 Å². The molecule has 1 aliphatic rings. The Labute approximate surface area is 159 Å². The van der Waals surface area contributed by atoms with Crippen molar-refractivity contribution in [2.75, 3.05) is 11.6 Å². The number of phenolic OH excluding ortho intramolecular Hbond substituents is 1. The van der Waals surface area contributed by atoms with E-state index in [1.165, 1.54) is 18.2 Å². The third kappa shape index (κ3) is 3.47. The zero-order valence-electron chi connectivity index (χ0n) is 13.6. The molecule has 134 valence electrons. The van der Waals surface area contributed by atoms with Gasteiger partial charge in [-0.3, -0.25) is 15.0 Å². The lowest BCUT2D eigenvalue weighted by Gasteiger charge is -2.14. The minimum absolute atomic E-state index is 0.0559. The molecular formula is C18H14Cl2N2O4. The molecule has 26 heavy (non-hydrogen) atoms. The average Bonchev–Trinajstić information content (AvgIpc) is 2.87. The van der Waals surface area contributed by atoms with Gasteiger partial charge in [-0.05, 0) is 48.9 Å². The van der Waals surface area contributed by atoms with Gasteiger partial charge in [0.15, 0.2) is 11.5 Å². The van der Waals surface area contributed by atoms with Crippen LogP contribution in [0.5, 0.6) is 11.5 Å². The lowest BCUT2D eigenvalue weighted by Crippen LogP contribution is -2.35. The van der Waals surface area contributed by atoms with Gasteiger partial charge in [-0.15, -0.1) is 0 Å². The van der Waals surface area contributed by atoms with Crippen LogP contribution in [-0.4, -0.2) is 23.5 Å². The van der Waals surface area contributed by atoms with Crippen molar-refractivity contribution in [3.8, 4) is 11.5 Å². The number of aromatic hydroxyl groups is 1. The molecule has 3 rings (SSSR count). The van der Waals surface area contributed by atoms with Gasteiger partial charge in [-0.2, -0.15) is 0 Å². The number of amides is 2. The molecule has 2 N–H and O–H groups in total. The van der Waals surface area contributed by atoms with Crippen molar-refractivity contribution < 1.29 is 19.4 Å². The van der Waals surface area contributed by atoms with Crippen LogP contribution in [0, 0.1) is 0 Å². The van der Waals surface area contributed by atoms with Crippen molar-refractivity contribution in [3.05, 3.63) is 57.6 Å². The molecule has 0 unspecified atom stereocenters. The number of nitrogens with one attached hydrogen (secondary N) is 1. The molecular weight excluding hydrogens is 379 g/mol. The van der Waals surface area contributed by atoms with Crippen molar-refractivity contribution in [3.63, 3.8) is 0 Å². The lowest BCUT2D eigenvalue weighted by molar-refractivity contribution is -0.117. The molecule has 0 bridgehead atoms. The van der Waals surface area contributed by atoms with E-state index in [-0.39, 0.29) is 22.1 Å². The maximum atomic E-state index is 12.6. The minimum Gasteiger partial charge on any atom is -0.503 e. The van der Waals surface area contributed by atoms with E-state index in [1.807, 2.05) is 0 Å². The van der Waals surface area contributed by atoms with Crippen LogP contribution in [0.15, 0.2) is 42.0 Å². The molecule has 1 aliphatic heterocycles. The van der Waals surface area contributed by atoms with Crippen LogP contribution in [0.4, 0.5) is 5.69 Å². The normalized spacial score (nSPS) is 15.5. The summed E-state index contributed by atoms with van der Waals surface area (Å²) in [5, 5.41) is 11.5. The number of hydrogen-bond donors (Lipinski definition) is 2. The molecule has 0 aliphatic carbocycles. The monoisotopic (exact) mass is 392 g/mol. The number of rotatable bonds is 4. The van der Waals surface area contributed by atoms with Crippen molar-refractivity contribution in [1.82, 2.24) is 5.43 Å². The first-order valence-electron chi connectivity index (χ1n) is 7.68. The number of nitrogens with zero attached hydrogens (tertiary/aromatic N) is 1. The van der Waals surface area contributed by atoms with Gasteiger partial charge in [0.2, 0.25) is 0 Å². The Morgan fingerprint density at radius 3 is 2.69 bits per heavy atom. The fourth-order valence-corrected chi connectivity index (χ4v) is 2.87. The van der Waals surface area contributed by atoms with E-state index in [0.717, 1.165) is 5.01 Å². The molecule has 0 atom stereocenters. The number of hydrogen-bond acceptors (Lipinski definition) is 4. The number of hydrazine groups is 1. The molecule has 1 fully saturated rings. The van der Waals surface area contributed by atoms with Crippen LogP contribution in [-0.2, 0) is 9.59 Å². The van der Waals surface area contributed by atoms with Crippen LogP contribution in [0.2, 0.25) is 10.0 Å². The van der Waals surface area contributed by atoms with E-state index in [1.54, 1.807) is 31.2 Å². The number of phenols is 1. The molecule has 2 aromatic carbocycles. The van der Waals surface area contributed by atoms with Crippen LogP contribution in [0.1, 0.15) is 12.5 Å². The number of carbonyl (C=O) groups is 2. The van der Waals surface area contributed by atoms with Gasteiger partial charge >= 0.3 is 0 Å². The quantitative estimate of drug-likeness (QED) is 0.615. The minimum atomic E-state index is -0.558. The summed E-state index contributed by atoms with van der Waals surface area (Å²) in [6.07, 6.45) is 1.38. The number of benzene rings is 2. The summed E-state index contributed by atoms with van der Waals surface area (Å²) in [4.78, 5) is 24.8. The number of anilines is 1. The summed E-state index contributed by atoms with van der Waals surface area (Å²) < 4.78 is 5.31. The third-order valence-corrected chi connectivity index (χ3v) is 4.14. The standard InChI is InChI=1S/C18H14Cl2N2O4/c1-2-26-15-8-10(7-14(20)16(15)23)6-13-17(24)21-22(18(13)25)12-5-3-4-11(19)9-12/h3-9,23H,2H2,1H3,(H,21,24)/b13-6-. The molecule has 2 amide bonds. The molecule has 1 saturated heterocycles. The number of halogens is 2. The highest BCUT2D eigenvalue weighted by Crippen LogP contribution is 2.36. The topological polar surface area (TPSA) is 78.9 Å². The Balaban J connectivity index is 1.97. The van der Waals surface area contributed by atoms with E-state index in [2.05, 4.69) is 5.43 Å². The van der Waals surface area contributed by atoms with Gasteiger partial charge in [0.05, 0.1) is 17.3 Å². The van der Waals surface area contributed by atoms with Gasteiger partial charge in [0.25, 0.3) is 11.8 Å². The molecule has 0 saturated carbocycles. The van der Waals surface area contributed by atoms with E-state index in [0.29, 0.717) is 22.9 Å². The first-order valence-corrected chi connectivity index (χ1v) is 8.44. The second-order valence-electron chi connectivity index (χ2n) is 5.40. The van der Waals surface area contributed by atoms with E-state index >= 15 is 0 Å². The SMILES string of the molecule is CCOc1cc(/C=C2/C(=O)NN(c3cccc(Cl)c3)C2=O)cc(Cl)c1O. The highest BCUT2D eigenvalue weighted by atomic mass is 35.5. The van der Waals surface area contributed by atoms with E-state index in [9.17, 15) is 14.7 Å². The van der Waals surface area contributed by atoms with Gasteiger partial charge < -0.3 is 9.84 Å². The Hall–Kier alpha value is -2.70. The predicted molar refractivity (Wildman–Crippen MR) is 99.3 cm³/mol. The summed E-state index contributed by atoms with van der Waals surface area (Å²) in [5.74, 6) is -1.11. The zero-order chi connectivity index (χ0) is 18.8. The zero-order valence-corrected chi connectivity index (χ0v) is 15.1. The molecule has 8 heteroatoms. The Morgan fingerprint density at radius 2 is 2.00 bits per heavy atom. The molecule has 6 nitrogen and oxygen atoms in total. The molecule has 1 heterocycles. The summed E-state index contributed by atoms with van der Waals surface area (Å²) in [5.41, 5.74) is 3.30. The van der Waals surface area contributed by atoms with Crippen molar-refractivity contribution in [2.24, 2.45) is 0 Å². The van der Waals surface area contributed by atoms with Gasteiger partial charge in [-0.1, -0.05) is 29.3 Å². The second-order valence-corrected chi connectivity index (χ2v) is 6.25. The largest absolute Gasteiger partial charge is 0.503 e. The van der Waals surface area contributed by atoms with Crippen LogP contribution < -0.4 is 15.2 Å². The maximum Gasteiger partial charge on any atom is 0.282 e. The van der Waals surface area contributed by atoms with Crippen LogP contribution in [0.25, 0.3) is 6.08 Å². The van der Waals surface area contributed by atoms with Crippen molar-refractivity contribution in [2.45, 2.75) is 6.92 Å². The lowest BCUT2D eigenvalue weighted by atomic mass is 10.1. The second kappa shape index (κ2) is 7.27. The predicted octanol–water partition coefficient (Wildman–Crippen LogP) is 3.56. The Kier molecular flexibility index (Phi) is 5.06. The Bertz CT molecular complexity index is 927. The van der Waals surface area contributed by atoms with Crippen molar-refractivity contribution >= 4 is 46.8 Å². The fraction of sp³-hybridized carbons (Fsp3) is 0.111. The molecule has 0 aromatic heterocycles. The highest BCUT2D eigenvalue weighted by molar-refractivity contribution is 6.34. The summed E-state index contributed by atoms with van der Waals surface area (Å²) in [6, 6.07) is 9.49. The maximum absolute atomic E-state index is 12.6. The molecule has 0 spiro atoms. The van der Waals surface area contributed by atoms with E-state index in [4.69, 9.17) is 27.9 Å². The highest BCUT2D eigenvalue weighted by Gasteiger charge is 2.34. The number of ether oxygens (including phenoxy) is 1. The van der Waals surface area contributed by atoms with Gasteiger partial charge in [-0.25, -0.2) is 5.01 Å². The smallest absolute Gasteiger partial charge is 0.282 e. The molecule has 0 radical (unpaired) electrons. The average molecular weight is 393 g/mol. The van der Waals surface area contributed by atoms with E-state index < -0.39 is 11.8 Å². The molecule has 2 aromatic rings. The summed E-state index contributed by atoms with van der Waals surface area (Å²) in [7, 11) is 0.